The van der Waals surface area contributed by atoms with Gasteiger partial charge in [0.1, 0.15) is 18.1 Å². The van der Waals surface area contributed by atoms with Crippen LogP contribution >= 0.6 is 0 Å². The van der Waals surface area contributed by atoms with Crippen molar-refractivity contribution < 1.29 is 14.3 Å². The van der Waals surface area contributed by atoms with Crippen LogP contribution in [0.25, 0.3) is 0 Å². The fourth-order valence-electron chi connectivity index (χ4n) is 6.20. The van der Waals surface area contributed by atoms with Crippen molar-refractivity contribution >= 4 is 5.91 Å². The first-order valence-corrected chi connectivity index (χ1v) is 15.3. The number of hydrogen-bond acceptors (Lipinski definition) is 5. The minimum Gasteiger partial charge on any atom is -0.493 e. The highest BCUT2D eigenvalue weighted by Gasteiger charge is 2.37. The van der Waals surface area contributed by atoms with Crippen LogP contribution in [0.15, 0.2) is 73.1 Å². The molecule has 1 amide bonds. The van der Waals surface area contributed by atoms with Crippen LogP contribution in [0.2, 0.25) is 0 Å². The Morgan fingerprint density at radius 1 is 0.951 bits per heavy atom. The molecule has 0 bridgehead atoms. The molecular formula is C35H45N3O3. The molecule has 6 nitrogen and oxygen atoms in total. The molecule has 0 radical (unpaired) electrons. The van der Waals surface area contributed by atoms with E-state index in [2.05, 4.69) is 65.0 Å². The van der Waals surface area contributed by atoms with Gasteiger partial charge in [-0.3, -0.25) is 14.7 Å². The summed E-state index contributed by atoms with van der Waals surface area (Å²) in [4.78, 5) is 22.3. The Balaban J connectivity index is 1.27. The van der Waals surface area contributed by atoms with Gasteiger partial charge < -0.3 is 14.4 Å². The lowest BCUT2D eigenvalue weighted by atomic mass is 9.73. The van der Waals surface area contributed by atoms with Crippen molar-refractivity contribution in [3.8, 4) is 11.5 Å². The molecule has 0 saturated carbocycles. The molecule has 5 rings (SSSR count). The predicted molar refractivity (Wildman–Crippen MR) is 163 cm³/mol. The van der Waals surface area contributed by atoms with Crippen molar-refractivity contribution in [2.45, 2.75) is 58.9 Å². The zero-order valence-corrected chi connectivity index (χ0v) is 24.8. The van der Waals surface area contributed by atoms with Crippen LogP contribution in [0, 0.1) is 11.3 Å². The Bertz CT molecular complexity index is 1240. The Labute approximate surface area is 245 Å². The van der Waals surface area contributed by atoms with Crippen molar-refractivity contribution in [2.24, 2.45) is 11.3 Å². The predicted octanol–water partition coefficient (Wildman–Crippen LogP) is 6.65. The van der Waals surface area contributed by atoms with Gasteiger partial charge in [0.2, 0.25) is 0 Å². The number of ether oxygens (including phenoxy) is 2. The van der Waals surface area contributed by atoms with Gasteiger partial charge >= 0.3 is 0 Å². The molecule has 0 aliphatic carbocycles. The average molecular weight is 556 g/mol. The molecule has 2 aromatic carbocycles. The van der Waals surface area contributed by atoms with Crippen LogP contribution in [0.3, 0.4) is 0 Å². The van der Waals surface area contributed by atoms with Crippen LogP contribution < -0.4 is 9.47 Å². The normalized spacial score (nSPS) is 18.2. The minimum absolute atomic E-state index is 0.127. The number of aromatic nitrogens is 1. The summed E-state index contributed by atoms with van der Waals surface area (Å²) in [6, 6.07) is 20.4. The average Bonchev–Trinajstić information content (AvgIpc) is 2.99. The summed E-state index contributed by atoms with van der Waals surface area (Å²) in [7, 11) is 0. The number of hydrogen-bond donors (Lipinski definition) is 0. The number of fused-ring (bicyclic) bond motifs is 1. The van der Waals surface area contributed by atoms with Crippen molar-refractivity contribution in [2.75, 3.05) is 39.4 Å². The fraction of sp³-hybridized carbons (Fsp3) is 0.486. The Morgan fingerprint density at radius 3 is 2.46 bits per heavy atom. The maximum Gasteiger partial charge on any atom is 0.253 e. The fourth-order valence-corrected chi connectivity index (χ4v) is 6.20. The van der Waals surface area contributed by atoms with Gasteiger partial charge in [-0.1, -0.05) is 38.5 Å². The summed E-state index contributed by atoms with van der Waals surface area (Å²) in [5.74, 6) is 2.44. The summed E-state index contributed by atoms with van der Waals surface area (Å²) in [6.07, 6.45) is 10.4. The van der Waals surface area contributed by atoms with Gasteiger partial charge in [-0.15, -0.1) is 0 Å². The van der Waals surface area contributed by atoms with Gasteiger partial charge in [-0.05, 0) is 97.0 Å². The molecule has 2 aliphatic rings. The van der Waals surface area contributed by atoms with E-state index in [1.165, 1.54) is 24.0 Å². The molecule has 218 valence electrons. The highest BCUT2D eigenvalue weighted by molar-refractivity contribution is 5.94. The zero-order chi connectivity index (χ0) is 28.5. The molecule has 1 fully saturated rings. The van der Waals surface area contributed by atoms with Crippen LogP contribution in [-0.2, 0) is 13.0 Å². The van der Waals surface area contributed by atoms with Crippen LogP contribution in [0.5, 0.6) is 11.5 Å². The van der Waals surface area contributed by atoms with Crippen molar-refractivity contribution in [1.82, 2.24) is 14.8 Å². The van der Waals surface area contributed by atoms with Gasteiger partial charge in [-0.2, -0.15) is 0 Å². The van der Waals surface area contributed by atoms with Gasteiger partial charge in [0.05, 0.1) is 6.61 Å². The maximum absolute atomic E-state index is 13.4. The SMILES string of the molecule is CC(C)COc1ccc(C(=O)N2CCC3(CCCCc4ccccc4OCCN(Cc4ccncc4)C3)CC2)cc1. The number of carbonyl (C=O) groups is 1. The van der Waals surface area contributed by atoms with Crippen LogP contribution in [0.4, 0.5) is 0 Å². The topological polar surface area (TPSA) is 54.9 Å². The molecule has 3 aromatic rings. The third-order valence-electron chi connectivity index (χ3n) is 8.55. The number of carbonyl (C=O) groups excluding carboxylic acids is 1. The van der Waals surface area contributed by atoms with Gasteiger partial charge in [0, 0.05) is 50.7 Å². The first-order chi connectivity index (χ1) is 20.0. The molecule has 0 N–H and O–H groups in total. The third-order valence-corrected chi connectivity index (χ3v) is 8.55. The molecule has 2 aliphatic heterocycles. The molecule has 6 heteroatoms. The van der Waals surface area contributed by atoms with E-state index in [9.17, 15) is 4.79 Å². The molecule has 0 atom stereocenters. The number of nitrogens with zero attached hydrogens (tertiary/aromatic N) is 3. The number of pyridine rings is 1. The lowest BCUT2D eigenvalue weighted by Crippen LogP contribution is -2.48. The van der Waals surface area contributed by atoms with Crippen molar-refractivity contribution in [3.63, 3.8) is 0 Å². The monoisotopic (exact) mass is 555 g/mol. The number of likely N-dealkylation sites (tertiary alicyclic amines) is 1. The molecular weight excluding hydrogens is 510 g/mol. The quantitative estimate of drug-likeness (QED) is 0.341. The smallest absolute Gasteiger partial charge is 0.253 e. The number of para-hydroxylation sites is 1. The number of piperidine rings is 1. The van der Waals surface area contributed by atoms with E-state index in [4.69, 9.17) is 9.47 Å². The van der Waals surface area contributed by atoms with Crippen LogP contribution in [0.1, 0.15) is 67.4 Å². The first kappa shape index (κ1) is 29.1. The van der Waals surface area contributed by atoms with Crippen molar-refractivity contribution in [1.29, 1.82) is 0 Å². The lowest BCUT2D eigenvalue weighted by Gasteiger charge is -2.45. The summed E-state index contributed by atoms with van der Waals surface area (Å²) < 4.78 is 12.1. The zero-order valence-electron chi connectivity index (χ0n) is 24.8. The van der Waals surface area contributed by atoms with Gasteiger partial charge in [0.25, 0.3) is 5.91 Å². The molecule has 1 spiro atoms. The van der Waals surface area contributed by atoms with E-state index in [0.717, 1.165) is 75.5 Å². The molecule has 1 aromatic heterocycles. The van der Waals surface area contributed by atoms with Gasteiger partial charge in [0.15, 0.2) is 0 Å². The minimum atomic E-state index is 0.127. The number of amides is 1. The summed E-state index contributed by atoms with van der Waals surface area (Å²) in [6.45, 7) is 9.97. The second kappa shape index (κ2) is 14.0. The van der Waals surface area contributed by atoms with Crippen LogP contribution in [-0.4, -0.2) is 60.1 Å². The second-order valence-corrected chi connectivity index (χ2v) is 12.3. The van der Waals surface area contributed by atoms with E-state index < -0.39 is 0 Å². The van der Waals surface area contributed by atoms with E-state index >= 15 is 0 Å². The molecule has 3 heterocycles. The lowest BCUT2D eigenvalue weighted by molar-refractivity contribution is 0.0361. The van der Waals surface area contributed by atoms with E-state index in [-0.39, 0.29) is 11.3 Å². The van der Waals surface area contributed by atoms with E-state index in [1.54, 1.807) is 0 Å². The Hall–Kier alpha value is -3.38. The second-order valence-electron chi connectivity index (χ2n) is 12.3. The molecule has 41 heavy (non-hydrogen) atoms. The highest BCUT2D eigenvalue weighted by Crippen LogP contribution is 2.39. The van der Waals surface area contributed by atoms with E-state index in [0.29, 0.717) is 19.1 Å². The molecule has 0 unspecified atom stereocenters. The highest BCUT2D eigenvalue weighted by atomic mass is 16.5. The standard InChI is InChI=1S/C35H45N3O3/c1-28(2)26-41-32-12-10-31(11-13-32)34(39)38-21-17-35(18-22-38)16-6-5-8-30-7-3-4-9-33(30)40-24-23-37(27-35)25-29-14-19-36-20-15-29/h3-4,7,9-15,19-20,28H,5-6,8,16-18,21-27H2,1-2H3. The Kier molecular flexibility index (Phi) is 9.94. The summed E-state index contributed by atoms with van der Waals surface area (Å²) in [5.41, 5.74) is 3.52. The Morgan fingerprint density at radius 2 is 1.71 bits per heavy atom. The van der Waals surface area contributed by atoms with E-state index in [1.807, 2.05) is 36.7 Å². The third kappa shape index (κ3) is 8.10. The largest absolute Gasteiger partial charge is 0.493 e. The maximum atomic E-state index is 13.4. The molecule has 1 saturated heterocycles. The summed E-state index contributed by atoms with van der Waals surface area (Å²) in [5, 5.41) is 0. The number of benzene rings is 2. The van der Waals surface area contributed by atoms with Gasteiger partial charge in [-0.25, -0.2) is 0 Å². The number of rotatable bonds is 6. The number of aryl methyl sites for hydroxylation is 1. The summed E-state index contributed by atoms with van der Waals surface area (Å²) >= 11 is 0. The first-order valence-electron chi connectivity index (χ1n) is 15.3. The van der Waals surface area contributed by atoms with Crippen molar-refractivity contribution in [3.05, 3.63) is 89.7 Å².